The maximum absolute atomic E-state index is 11.6. The minimum Gasteiger partial charge on any atom is -0.480 e. The number of imidazole rings is 1. The summed E-state index contributed by atoms with van der Waals surface area (Å²) >= 11 is 0. The van der Waals surface area contributed by atoms with Gasteiger partial charge in [-0.15, -0.1) is 0 Å². The van der Waals surface area contributed by atoms with Crippen molar-refractivity contribution >= 4 is 5.97 Å². The summed E-state index contributed by atoms with van der Waals surface area (Å²) in [5.74, 6) is -0.780. The lowest BCUT2D eigenvalue weighted by atomic mass is 9.99. The summed E-state index contributed by atoms with van der Waals surface area (Å²) in [6, 6.07) is 0.375. The zero-order valence-corrected chi connectivity index (χ0v) is 11.4. The van der Waals surface area contributed by atoms with E-state index in [1.807, 2.05) is 10.9 Å². The molecule has 1 atom stereocenters. The van der Waals surface area contributed by atoms with Crippen molar-refractivity contribution in [3.63, 3.8) is 0 Å². The summed E-state index contributed by atoms with van der Waals surface area (Å²) in [6.45, 7) is 2.24. The summed E-state index contributed by atoms with van der Waals surface area (Å²) in [6.07, 6.45) is 8.41. The standard InChI is InChI=1S/C14H21N3O2/c1-14(13(18)19,16-10-6-7-10)8-17-9-15-11-4-2-3-5-12(11)17/h9-10,16H,2-8H2,1H3,(H,18,19). The van der Waals surface area contributed by atoms with Crippen molar-refractivity contribution in [1.82, 2.24) is 14.9 Å². The molecule has 0 aliphatic heterocycles. The number of hydrogen-bond acceptors (Lipinski definition) is 3. The van der Waals surface area contributed by atoms with Crippen LogP contribution in [-0.2, 0) is 24.2 Å². The third-order valence-electron chi connectivity index (χ3n) is 4.17. The number of aryl methyl sites for hydroxylation is 1. The van der Waals surface area contributed by atoms with Gasteiger partial charge in [0, 0.05) is 11.7 Å². The van der Waals surface area contributed by atoms with Crippen LogP contribution in [0.3, 0.4) is 0 Å². The Labute approximate surface area is 113 Å². The number of nitrogens with one attached hydrogen (secondary N) is 1. The third-order valence-corrected chi connectivity index (χ3v) is 4.17. The Balaban J connectivity index is 1.81. The first-order chi connectivity index (χ1) is 9.08. The minimum absolute atomic E-state index is 0.375. The van der Waals surface area contributed by atoms with Crippen LogP contribution in [0.4, 0.5) is 0 Å². The van der Waals surface area contributed by atoms with Gasteiger partial charge < -0.3 is 9.67 Å². The van der Waals surface area contributed by atoms with E-state index in [4.69, 9.17) is 0 Å². The third kappa shape index (κ3) is 2.52. The molecule has 1 saturated carbocycles. The van der Waals surface area contributed by atoms with Crippen LogP contribution in [0.2, 0.25) is 0 Å². The summed E-state index contributed by atoms with van der Waals surface area (Å²) in [7, 11) is 0. The van der Waals surface area contributed by atoms with E-state index >= 15 is 0 Å². The number of hydrogen-bond donors (Lipinski definition) is 2. The van der Waals surface area contributed by atoms with Crippen molar-refractivity contribution in [3.8, 4) is 0 Å². The van der Waals surface area contributed by atoms with E-state index in [1.165, 1.54) is 18.5 Å². The van der Waals surface area contributed by atoms with Gasteiger partial charge in [-0.25, -0.2) is 4.98 Å². The molecule has 5 heteroatoms. The molecule has 0 radical (unpaired) electrons. The Hall–Kier alpha value is -1.36. The molecule has 104 valence electrons. The SMILES string of the molecule is CC(Cn1cnc2c1CCCC2)(NC1CC1)C(=O)O. The summed E-state index contributed by atoms with van der Waals surface area (Å²) in [4.78, 5) is 16.0. The van der Waals surface area contributed by atoms with Crippen LogP contribution in [0.1, 0.15) is 44.0 Å². The zero-order chi connectivity index (χ0) is 13.5. The van der Waals surface area contributed by atoms with Gasteiger partial charge in [-0.2, -0.15) is 0 Å². The number of carboxylic acids is 1. The van der Waals surface area contributed by atoms with Gasteiger partial charge in [0.25, 0.3) is 0 Å². The van der Waals surface area contributed by atoms with Crippen LogP contribution in [-0.4, -0.2) is 32.2 Å². The fourth-order valence-corrected chi connectivity index (χ4v) is 2.86. The van der Waals surface area contributed by atoms with Gasteiger partial charge in [0.2, 0.25) is 0 Å². The van der Waals surface area contributed by atoms with Crippen LogP contribution >= 0.6 is 0 Å². The number of aliphatic carboxylic acids is 1. The topological polar surface area (TPSA) is 67.2 Å². The zero-order valence-electron chi connectivity index (χ0n) is 11.4. The smallest absolute Gasteiger partial charge is 0.325 e. The van der Waals surface area contributed by atoms with Gasteiger partial charge in [-0.05, 0) is 45.4 Å². The number of aromatic nitrogens is 2. The Kier molecular flexibility index (Phi) is 3.09. The highest BCUT2D eigenvalue weighted by Crippen LogP contribution is 2.25. The second kappa shape index (κ2) is 4.63. The van der Waals surface area contributed by atoms with E-state index in [0.717, 1.165) is 31.4 Å². The molecule has 19 heavy (non-hydrogen) atoms. The van der Waals surface area contributed by atoms with Crippen LogP contribution in [0, 0.1) is 0 Å². The maximum atomic E-state index is 11.6. The predicted molar refractivity (Wildman–Crippen MR) is 71.1 cm³/mol. The Bertz CT molecular complexity index is 493. The van der Waals surface area contributed by atoms with E-state index in [0.29, 0.717) is 12.6 Å². The quantitative estimate of drug-likeness (QED) is 0.841. The molecule has 1 unspecified atom stereocenters. The van der Waals surface area contributed by atoms with Crippen molar-refractivity contribution in [1.29, 1.82) is 0 Å². The molecule has 5 nitrogen and oxygen atoms in total. The summed E-state index contributed by atoms with van der Waals surface area (Å²) in [5, 5.41) is 12.8. The summed E-state index contributed by atoms with van der Waals surface area (Å²) in [5.41, 5.74) is 1.49. The van der Waals surface area contributed by atoms with Crippen molar-refractivity contribution in [2.45, 2.75) is 63.6 Å². The molecule has 1 fully saturated rings. The number of rotatable bonds is 5. The highest BCUT2D eigenvalue weighted by Gasteiger charge is 2.39. The van der Waals surface area contributed by atoms with Gasteiger partial charge in [-0.3, -0.25) is 10.1 Å². The van der Waals surface area contributed by atoms with Crippen molar-refractivity contribution < 1.29 is 9.90 Å². The average molecular weight is 263 g/mol. The number of fused-ring (bicyclic) bond motifs is 1. The first kappa shape index (κ1) is 12.7. The second-order valence-corrected chi connectivity index (χ2v) is 6.03. The molecular weight excluding hydrogens is 242 g/mol. The molecule has 1 aromatic rings. The largest absolute Gasteiger partial charge is 0.480 e. The molecule has 2 N–H and O–H groups in total. The molecule has 0 aromatic carbocycles. The molecule has 1 heterocycles. The fraction of sp³-hybridized carbons (Fsp3) is 0.714. The van der Waals surface area contributed by atoms with Gasteiger partial charge in [-0.1, -0.05) is 0 Å². The second-order valence-electron chi connectivity index (χ2n) is 6.03. The number of carbonyl (C=O) groups is 1. The van der Waals surface area contributed by atoms with Gasteiger partial charge in [0.15, 0.2) is 0 Å². The fourth-order valence-electron chi connectivity index (χ4n) is 2.86. The van der Waals surface area contributed by atoms with Gasteiger partial charge >= 0.3 is 5.97 Å². The molecule has 0 saturated heterocycles. The summed E-state index contributed by atoms with van der Waals surface area (Å²) < 4.78 is 2.04. The Morgan fingerprint density at radius 1 is 1.53 bits per heavy atom. The van der Waals surface area contributed by atoms with Crippen molar-refractivity contribution in [2.75, 3.05) is 0 Å². The highest BCUT2D eigenvalue weighted by molar-refractivity contribution is 5.78. The average Bonchev–Trinajstić information content (AvgIpc) is 3.10. The lowest BCUT2D eigenvalue weighted by molar-refractivity contribution is -0.144. The lowest BCUT2D eigenvalue weighted by Crippen LogP contribution is -2.53. The van der Waals surface area contributed by atoms with Crippen molar-refractivity contribution in [3.05, 3.63) is 17.7 Å². The molecule has 0 bridgehead atoms. The molecular formula is C14H21N3O2. The maximum Gasteiger partial charge on any atom is 0.325 e. The van der Waals surface area contributed by atoms with E-state index in [-0.39, 0.29) is 0 Å². The van der Waals surface area contributed by atoms with E-state index in [2.05, 4.69) is 10.3 Å². The Morgan fingerprint density at radius 3 is 2.95 bits per heavy atom. The van der Waals surface area contributed by atoms with E-state index in [1.54, 1.807) is 6.92 Å². The molecule has 2 aliphatic rings. The highest BCUT2D eigenvalue weighted by atomic mass is 16.4. The molecule has 0 amide bonds. The molecule has 3 rings (SSSR count). The number of carboxylic acid groups (broad SMARTS) is 1. The van der Waals surface area contributed by atoms with Crippen LogP contribution < -0.4 is 5.32 Å². The minimum atomic E-state index is -0.896. The van der Waals surface area contributed by atoms with Gasteiger partial charge in [0.1, 0.15) is 5.54 Å². The lowest BCUT2D eigenvalue weighted by Gasteiger charge is -2.28. The van der Waals surface area contributed by atoms with Gasteiger partial charge in [0.05, 0.1) is 18.6 Å². The monoisotopic (exact) mass is 263 g/mol. The first-order valence-electron chi connectivity index (χ1n) is 7.12. The molecule has 0 spiro atoms. The van der Waals surface area contributed by atoms with Crippen molar-refractivity contribution in [2.24, 2.45) is 0 Å². The Morgan fingerprint density at radius 2 is 2.26 bits per heavy atom. The van der Waals surface area contributed by atoms with Crippen LogP contribution in [0.5, 0.6) is 0 Å². The normalized spacial score (nSPS) is 21.7. The van der Waals surface area contributed by atoms with E-state index in [9.17, 15) is 9.90 Å². The molecule has 1 aromatic heterocycles. The number of nitrogens with zero attached hydrogens (tertiary/aromatic N) is 2. The van der Waals surface area contributed by atoms with Crippen LogP contribution in [0.25, 0.3) is 0 Å². The van der Waals surface area contributed by atoms with E-state index < -0.39 is 11.5 Å². The molecule has 2 aliphatic carbocycles. The van der Waals surface area contributed by atoms with Crippen LogP contribution in [0.15, 0.2) is 6.33 Å². The predicted octanol–water partition coefficient (Wildman–Crippen LogP) is 1.36. The first-order valence-corrected chi connectivity index (χ1v) is 7.12.